The lowest BCUT2D eigenvalue weighted by molar-refractivity contribution is -0.274. The van der Waals surface area contributed by atoms with Crippen LogP contribution in [0.15, 0.2) is 30.3 Å². The molecule has 0 bridgehead atoms. The second-order valence-electron chi connectivity index (χ2n) is 4.38. The van der Waals surface area contributed by atoms with Crippen LogP contribution >= 0.6 is 11.6 Å². The van der Waals surface area contributed by atoms with Gasteiger partial charge in [0, 0.05) is 11.1 Å². The maximum Gasteiger partial charge on any atom is 0.573 e. The Labute approximate surface area is 124 Å². The van der Waals surface area contributed by atoms with Crippen LogP contribution in [-0.4, -0.2) is 6.36 Å². The van der Waals surface area contributed by atoms with Crippen LogP contribution in [0, 0.1) is 6.92 Å². The Morgan fingerprint density at radius 3 is 2.14 bits per heavy atom. The molecule has 0 aliphatic carbocycles. The van der Waals surface area contributed by atoms with E-state index >= 15 is 0 Å². The monoisotopic (exact) mass is 316 g/mol. The van der Waals surface area contributed by atoms with Crippen LogP contribution in [0.3, 0.4) is 0 Å². The van der Waals surface area contributed by atoms with Gasteiger partial charge in [-0.05, 0) is 12.5 Å². The highest BCUT2D eigenvalue weighted by atomic mass is 35.5. The lowest BCUT2D eigenvalue weighted by atomic mass is 9.99. The largest absolute Gasteiger partial charge is 0.573 e. The van der Waals surface area contributed by atoms with Gasteiger partial charge in [-0.25, -0.2) is 0 Å². The highest BCUT2D eigenvalue weighted by molar-refractivity contribution is 6.37. The molecule has 0 atom stereocenters. The lowest BCUT2D eigenvalue weighted by Crippen LogP contribution is -2.19. The maximum absolute atomic E-state index is 12.6. The third-order valence-corrected chi connectivity index (χ3v) is 3.39. The molecule has 0 aliphatic heterocycles. The predicted molar refractivity (Wildman–Crippen MR) is 77.1 cm³/mol. The Balaban J connectivity index is 2.78. The van der Waals surface area contributed by atoms with E-state index in [4.69, 9.17) is 23.1 Å². The molecule has 4 N–H and O–H groups in total. The Bertz CT molecular complexity index is 672. The van der Waals surface area contributed by atoms with Crippen LogP contribution in [0.4, 0.5) is 24.5 Å². The normalized spacial score (nSPS) is 11.5. The summed E-state index contributed by atoms with van der Waals surface area (Å²) in [5.41, 5.74) is 12.1. The van der Waals surface area contributed by atoms with E-state index in [1.165, 1.54) is 6.92 Å². The van der Waals surface area contributed by atoms with Gasteiger partial charge in [0.1, 0.15) is 5.75 Å². The number of nitrogens with two attached hydrogens (primary N) is 2. The summed E-state index contributed by atoms with van der Waals surface area (Å²) in [6.07, 6.45) is -4.86. The fraction of sp³-hybridized carbons (Fsp3) is 0.143. The molecule has 112 valence electrons. The van der Waals surface area contributed by atoms with Gasteiger partial charge in [0.25, 0.3) is 0 Å². The molecule has 2 aromatic carbocycles. The van der Waals surface area contributed by atoms with Crippen molar-refractivity contribution < 1.29 is 17.9 Å². The molecule has 0 heterocycles. The van der Waals surface area contributed by atoms with E-state index in [-0.39, 0.29) is 27.5 Å². The zero-order valence-electron chi connectivity index (χ0n) is 11.0. The van der Waals surface area contributed by atoms with Crippen molar-refractivity contribution >= 4 is 23.0 Å². The van der Waals surface area contributed by atoms with E-state index in [0.717, 1.165) is 0 Å². The second-order valence-corrected chi connectivity index (χ2v) is 4.76. The minimum atomic E-state index is -4.86. The van der Waals surface area contributed by atoms with Crippen LogP contribution < -0.4 is 16.2 Å². The molecule has 0 fully saturated rings. The number of hydrogen-bond donors (Lipinski definition) is 2. The third kappa shape index (κ3) is 3.00. The highest BCUT2D eigenvalue weighted by Crippen LogP contribution is 2.47. The van der Waals surface area contributed by atoms with E-state index in [0.29, 0.717) is 5.56 Å². The van der Waals surface area contributed by atoms with Gasteiger partial charge in [-0.15, -0.1) is 13.2 Å². The van der Waals surface area contributed by atoms with Gasteiger partial charge in [-0.2, -0.15) is 0 Å². The number of ether oxygens (including phenoxy) is 1. The number of anilines is 2. The van der Waals surface area contributed by atoms with E-state index in [9.17, 15) is 13.2 Å². The van der Waals surface area contributed by atoms with Crippen molar-refractivity contribution in [1.29, 1.82) is 0 Å². The van der Waals surface area contributed by atoms with E-state index in [1.807, 2.05) is 0 Å². The number of alkyl halides is 3. The minimum Gasteiger partial charge on any atom is -0.405 e. The van der Waals surface area contributed by atoms with Gasteiger partial charge in [-0.3, -0.25) is 0 Å². The Morgan fingerprint density at radius 2 is 1.62 bits per heavy atom. The fourth-order valence-corrected chi connectivity index (χ4v) is 2.27. The zero-order valence-corrected chi connectivity index (χ0v) is 11.7. The van der Waals surface area contributed by atoms with Gasteiger partial charge in [0.05, 0.1) is 16.4 Å². The van der Waals surface area contributed by atoms with Gasteiger partial charge < -0.3 is 16.2 Å². The molecule has 0 unspecified atom stereocenters. The summed E-state index contributed by atoms with van der Waals surface area (Å²) in [5, 5.41) is -0.0662. The Kier molecular flexibility index (Phi) is 3.91. The summed E-state index contributed by atoms with van der Waals surface area (Å²) in [6.45, 7) is 1.40. The molecular weight excluding hydrogens is 305 g/mol. The van der Waals surface area contributed by atoms with Crippen molar-refractivity contribution in [1.82, 2.24) is 0 Å². The van der Waals surface area contributed by atoms with Gasteiger partial charge >= 0.3 is 6.36 Å². The number of halogens is 4. The minimum absolute atomic E-state index is 0.0288. The standard InChI is InChI=1S/C14H12ClF3N2O/c1-7-11(19)12(20)10(15)9(8-5-3-2-4-6-8)13(7)21-14(16,17)18/h2-6H,19-20H2,1H3. The molecule has 0 spiro atoms. The Morgan fingerprint density at radius 1 is 1.05 bits per heavy atom. The van der Waals surface area contributed by atoms with Gasteiger partial charge in [0.15, 0.2) is 0 Å². The van der Waals surface area contributed by atoms with Crippen LogP contribution in [0.2, 0.25) is 5.02 Å². The Hall–Kier alpha value is -2.08. The van der Waals surface area contributed by atoms with Crippen molar-refractivity contribution in [2.24, 2.45) is 0 Å². The van der Waals surface area contributed by atoms with E-state index < -0.39 is 12.1 Å². The number of rotatable bonds is 2. The van der Waals surface area contributed by atoms with E-state index in [2.05, 4.69) is 4.74 Å². The first-order chi connectivity index (χ1) is 9.72. The summed E-state index contributed by atoms with van der Waals surface area (Å²) in [7, 11) is 0. The number of hydrogen-bond acceptors (Lipinski definition) is 3. The topological polar surface area (TPSA) is 61.3 Å². The first-order valence-electron chi connectivity index (χ1n) is 5.90. The van der Waals surface area contributed by atoms with Crippen molar-refractivity contribution in [3.8, 4) is 16.9 Å². The molecule has 0 amide bonds. The van der Waals surface area contributed by atoms with Crippen LogP contribution in [0.1, 0.15) is 5.56 Å². The van der Waals surface area contributed by atoms with Gasteiger partial charge in [0.2, 0.25) is 0 Å². The van der Waals surface area contributed by atoms with Crippen LogP contribution in [-0.2, 0) is 0 Å². The lowest BCUT2D eigenvalue weighted by Gasteiger charge is -2.20. The molecule has 0 saturated carbocycles. The van der Waals surface area contributed by atoms with Crippen molar-refractivity contribution in [2.45, 2.75) is 13.3 Å². The molecule has 0 aromatic heterocycles. The molecule has 2 aromatic rings. The highest BCUT2D eigenvalue weighted by Gasteiger charge is 2.34. The summed E-state index contributed by atoms with van der Waals surface area (Å²) in [6, 6.07) is 8.30. The average Bonchev–Trinajstić information content (AvgIpc) is 2.42. The summed E-state index contributed by atoms with van der Waals surface area (Å²) in [4.78, 5) is 0. The molecule has 0 saturated heterocycles. The molecule has 21 heavy (non-hydrogen) atoms. The predicted octanol–water partition coefficient (Wildman–Crippen LogP) is 4.38. The fourth-order valence-electron chi connectivity index (χ4n) is 1.97. The summed E-state index contributed by atoms with van der Waals surface area (Å²) >= 11 is 6.09. The molecule has 7 heteroatoms. The van der Waals surface area contributed by atoms with Crippen LogP contribution in [0.5, 0.6) is 5.75 Å². The summed E-state index contributed by atoms with van der Waals surface area (Å²) < 4.78 is 42.0. The second kappa shape index (κ2) is 5.37. The third-order valence-electron chi connectivity index (χ3n) is 3.00. The van der Waals surface area contributed by atoms with Crippen molar-refractivity contribution in [3.63, 3.8) is 0 Å². The van der Waals surface area contributed by atoms with Crippen molar-refractivity contribution in [3.05, 3.63) is 40.9 Å². The SMILES string of the molecule is Cc1c(N)c(N)c(Cl)c(-c2ccccc2)c1OC(F)(F)F. The van der Waals surface area contributed by atoms with Gasteiger partial charge in [-0.1, -0.05) is 41.9 Å². The molecule has 2 rings (SSSR count). The molecule has 0 radical (unpaired) electrons. The first-order valence-corrected chi connectivity index (χ1v) is 6.28. The zero-order chi connectivity index (χ0) is 15.8. The smallest absolute Gasteiger partial charge is 0.405 e. The molecule has 3 nitrogen and oxygen atoms in total. The van der Waals surface area contributed by atoms with Crippen molar-refractivity contribution in [2.75, 3.05) is 11.5 Å². The maximum atomic E-state index is 12.6. The molecular formula is C14H12ClF3N2O. The van der Waals surface area contributed by atoms with E-state index in [1.54, 1.807) is 30.3 Å². The average molecular weight is 317 g/mol. The van der Waals surface area contributed by atoms with Crippen LogP contribution in [0.25, 0.3) is 11.1 Å². The number of nitrogen functional groups attached to an aromatic ring is 2. The molecule has 0 aliphatic rings. The summed E-state index contributed by atoms with van der Waals surface area (Å²) in [5.74, 6) is -0.439. The quantitative estimate of drug-likeness (QED) is 0.808. The number of benzene rings is 2. The first kappa shape index (κ1) is 15.3.